The Balaban J connectivity index is 1.91. The summed E-state index contributed by atoms with van der Waals surface area (Å²) in [5, 5.41) is 3.31. The van der Waals surface area contributed by atoms with Crippen molar-refractivity contribution in [3.63, 3.8) is 0 Å². The highest BCUT2D eigenvalue weighted by atomic mass is 35.5. The highest BCUT2D eigenvalue weighted by molar-refractivity contribution is 7.92. The minimum Gasteiger partial charge on any atom is -0.352 e. The molecule has 1 saturated carbocycles. The van der Waals surface area contributed by atoms with Crippen LogP contribution in [0.5, 0.6) is 0 Å². The zero-order valence-corrected chi connectivity index (χ0v) is 21.2. The van der Waals surface area contributed by atoms with E-state index in [9.17, 15) is 18.0 Å². The second-order valence-corrected chi connectivity index (χ2v) is 11.0. The molecule has 1 aliphatic carbocycles. The van der Waals surface area contributed by atoms with Gasteiger partial charge in [0.15, 0.2) is 0 Å². The van der Waals surface area contributed by atoms with Crippen LogP contribution in [0.3, 0.4) is 0 Å². The second kappa shape index (κ2) is 11.7. The molecule has 1 N–H and O–H groups in total. The highest BCUT2D eigenvalue weighted by Crippen LogP contribution is 2.27. The van der Waals surface area contributed by atoms with Gasteiger partial charge in [0.1, 0.15) is 12.6 Å². The Morgan fingerprint density at radius 2 is 1.68 bits per heavy atom. The van der Waals surface area contributed by atoms with Gasteiger partial charge in [-0.3, -0.25) is 13.9 Å². The molecule has 3 rings (SSSR count). The topological polar surface area (TPSA) is 86.8 Å². The number of rotatable bonds is 10. The Labute approximate surface area is 207 Å². The molecule has 0 radical (unpaired) electrons. The van der Waals surface area contributed by atoms with Crippen LogP contribution in [0, 0.1) is 0 Å². The van der Waals surface area contributed by atoms with Crippen LogP contribution in [0.25, 0.3) is 0 Å². The number of halogens is 1. The summed E-state index contributed by atoms with van der Waals surface area (Å²) < 4.78 is 26.2. The molecule has 0 spiro atoms. The third kappa shape index (κ3) is 6.73. The van der Waals surface area contributed by atoms with Crippen molar-refractivity contribution < 1.29 is 18.0 Å². The number of carbonyl (C=O) groups excluding carboxylic acids is 2. The summed E-state index contributed by atoms with van der Waals surface area (Å²) in [6.07, 6.45) is 5.47. The van der Waals surface area contributed by atoms with Crippen LogP contribution in [0.15, 0.2) is 54.6 Å². The quantitative estimate of drug-likeness (QED) is 0.529. The SMILES string of the molecule is CCC(C(=O)NC1CCCC1)N(Cc1ccccc1)C(=O)CN(c1ccccc1Cl)S(C)(=O)=O. The average molecular weight is 506 g/mol. The third-order valence-electron chi connectivity index (χ3n) is 6.08. The molecule has 0 bridgehead atoms. The number of nitrogens with one attached hydrogen (secondary N) is 1. The lowest BCUT2D eigenvalue weighted by Crippen LogP contribution is -2.53. The first-order chi connectivity index (χ1) is 16.2. The van der Waals surface area contributed by atoms with Crippen molar-refractivity contribution >= 4 is 39.1 Å². The number of para-hydroxylation sites is 1. The number of anilines is 1. The number of nitrogens with zero attached hydrogens (tertiary/aromatic N) is 2. The molecule has 0 saturated heterocycles. The fraction of sp³-hybridized carbons (Fsp3) is 0.440. The van der Waals surface area contributed by atoms with Crippen LogP contribution in [0.2, 0.25) is 5.02 Å². The van der Waals surface area contributed by atoms with E-state index >= 15 is 0 Å². The number of benzene rings is 2. The molecular formula is C25H32ClN3O4S. The fourth-order valence-corrected chi connectivity index (χ4v) is 5.47. The van der Waals surface area contributed by atoms with Crippen molar-refractivity contribution in [1.82, 2.24) is 10.2 Å². The summed E-state index contributed by atoms with van der Waals surface area (Å²) >= 11 is 6.26. The number of sulfonamides is 1. The Hall–Kier alpha value is -2.58. The van der Waals surface area contributed by atoms with Gasteiger partial charge in [-0.25, -0.2) is 8.42 Å². The molecule has 2 aromatic carbocycles. The maximum Gasteiger partial charge on any atom is 0.244 e. The summed E-state index contributed by atoms with van der Waals surface area (Å²) in [4.78, 5) is 28.3. The van der Waals surface area contributed by atoms with Gasteiger partial charge in [-0.15, -0.1) is 0 Å². The molecule has 9 heteroatoms. The van der Waals surface area contributed by atoms with E-state index in [0.29, 0.717) is 6.42 Å². The lowest BCUT2D eigenvalue weighted by atomic mass is 10.1. The highest BCUT2D eigenvalue weighted by Gasteiger charge is 2.33. The number of amides is 2. The zero-order chi connectivity index (χ0) is 24.7. The minimum absolute atomic E-state index is 0.117. The van der Waals surface area contributed by atoms with Crippen molar-refractivity contribution in [3.8, 4) is 0 Å². The molecule has 0 heterocycles. The van der Waals surface area contributed by atoms with Crippen molar-refractivity contribution in [3.05, 3.63) is 65.2 Å². The normalized spacial score (nSPS) is 15.0. The van der Waals surface area contributed by atoms with E-state index in [1.54, 1.807) is 24.3 Å². The Bertz CT molecular complexity index is 1090. The molecule has 1 unspecified atom stereocenters. The lowest BCUT2D eigenvalue weighted by Gasteiger charge is -2.33. The van der Waals surface area contributed by atoms with Crippen LogP contribution < -0.4 is 9.62 Å². The van der Waals surface area contributed by atoms with Crippen molar-refractivity contribution in [2.24, 2.45) is 0 Å². The molecule has 7 nitrogen and oxygen atoms in total. The van der Waals surface area contributed by atoms with Crippen LogP contribution in [0.4, 0.5) is 5.69 Å². The number of carbonyl (C=O) groups is 2. The second-order valence-electron chi connectivity index (χ2n) is 8.64. The van der Waals surface area contributed by atoms with E-state index in [1.165, 1.54) is 4.90 Å². The van der Waals surface area contributed by atoms with Gasteiger partial charge < -0.3 is 10.2 Å². The summed E-state index contributed by atoms with van der Waals surface area (Å²) in [5.74, 6) is -0.676. The van der Waals surface area contributed by atoms with E-state index in [0.717, 1.165) is 41.8 Å². The van der Waals surface area contributed by atoms with Crippen LogP contribution in [-0.4, -0.2) is 50.0 Å². The van der Waals surface area contributed by atoms with Gasteiger partial charge in [-0.05, 0) is 37.0 Å². The fourth-order valence-electron chi connectivity index (χ4n) is 4.32. The first-order valence-corrected chi connectivity index (χ1v) is 13.8. The monoisotopic (exact) mass is 505 g/mol. The van der Waals surface area contributed by atoms with Crippen molar-refractivity contribution in [2.45, 2.75) is 57.7 Å². The molecule has 2 amide bonds. The standard InChI is InChI=1S/C25H32ClN3O4S/c1-3-22(25(31)27-20-13-7-8-14-20)28(17-19-11-5-4-6-12-19)24(30)18-29(34(2,32)33)23-16-10-9-15-21(23)26/h4-6,9-12,15-16,20,22H,3,7-8,13-14,17-18H2,1-2H3,(H,27,31). The minimum atomic E-state index is -3.81. The Kier molecular flexibility index (Phi) is 8.97. The Morgan fingerprint density at radius 3 is 2.26 bits per heavy atom. The average Bonchev–Trinajstić information content (AvgIpc) is 3.31. The molecule has 1 fully saturated rings. The van der Waals surface area contributed by atoms with Gasteiger partial charge in [0.2, 0.25) is 21.8 Å². The molecule has 0 aliphatic heterocycles. The van der Waals surface area contributed by atoms with Crippen LogP contribution >= 0.6 is 11.6 Å². The van der Waals surface area contributed by atoms with E-state index in [2.05, 4.69) is 5.32 Å². The van der Waals surface area contributed by atoms with Crippen molar-refractivity contribution in [1.29, 1.82) is 0 Å². The maximum absolute atomic E-state index is 13.6. The summed E-state index contributed by atoms with van der Waals surface area (Å²) in [7, 11) is -3.81. The Morgan fingerprint density at radius 1 is 1.06 bits per heavy atom. The largest absolute Gasteiger partial charge is 0.352 e. The first kappa shape index (κ1) is 26.0. The molecular weight excluding hydrogens is 474 g/mol. The van der Waals surface area contributed by atoms with Gasteiger partial charge in [0, 0.05) is 12.6 Å². The summed E-state index contributed by atoms with van der Waals surface area (Å²) in [5.41, 5.74) is 1.08. The van der Waals surface area contributed by atoms with E-state index < -0.39 is 28.5 Å². The zero-order valence-electron chi connectivity index (χ0n) is 19.6. The summed E-state index contributed by atoms with van der Waals surface area (Å²) in [6, 6.07) is 15.2. The third-order valence-corrected chi connectivity index (χ3v) is 7.53. The van der Waals surface area contributed by atoms with Gasteiger partial charge in [-0.2, -0.15) is 0 Å². The van der Waals surface area contributed by atoms with Crippen LogP contribution in [-0.2, 0) is 26.2 Å². The predicted molar refractivity (Wildman–Crippen MR) is 135 cm³/mol. The molecule has 1 atom stereocenters. The molecule has 1 aliphatic rings. The molecule has 0 aromatic heterocycles. The molecule has 34 heavy (non-hydrogen) atoms. The number of hydrogen-bond donors (Lipinski definition) is 1. The number of hydrogen-bond acceptors (Lipinski definition) is 4. The van der Waals surface area contributed by atoms with Gasteiger partial charge in [0.25, 0.3) is 0 Å². The van der Waals surface area contributed by atoms with Crippen molar-refractivity contribution in [2.75, 3.05) is 17.1 Å². The predicted octanol–water partition coefficient (Wildman–Crippen LogP) is 3.97. The van der Waals surface area contributed by atoms with Gasteiger partial charge >= 0.3 is 0 Å². The summed E-state index contributed by atoms with van der Waals surface area (Å²) in [6.45, 7) is 1.59. The lowest BCUT2D eigenvalue weighted by molar-refractivity contribution is -0.140. The smallest absolute Gasteiger partial charge is 0.244 e. The molecule has 184 valence electrons. The van der Waals surface area contributed by atoms with Crippen LogP contribution in [0.1, 0.15) is 44.6 Å². The van der Waals surface area contributed by atoms with E-state index in [1.807, 2.05) is 37.3 Å². The molecule has 2 aromatic rings. The van der Waals surface area contributed by atoms with E-state index in [4.69, 9.17) is 11.6 Å². The first-order valence-electron chi connectivity index (χ1n) is 11.6. The van der Waals surface area contributed by atoms with Gasteiger partial charge in [-0.1, -0.05) is 73.8 Å². The maximum atomic E-state index is 13.6. The van der Waals surface area contributed by atoms with Gasteiger partial charge in [0.05, 0.1) is 17.0 Å². The van der Waals surface area contributed by atoms with E-state index in [-0.39, 0.29) is 29.2 Å².